The first-order chi connectivity index (χ1) is 27.9. The number of rotatable bonds is 8. The Morgan fingerprint density at radius 2 is 0.932 bits per heavy atom. The number of benzene rings is 6. The summed E-state index contributed by atoms with van der Waals surface area (Å²) in [5, 5.41) is 4.67. The molecular weight excluding hydrogens is 763 g/mol. The summed E-state index contributed by atoms with van der Waals surface area (Å²) in [4.78, 5) is 0. The number of hydrogen-bond donors (Lipinski definition) is 0. The van der Waals surface area contributed by atoms with Crippen LogP contribution in [0.5, 0.6) is 23.0 Å². The summed E-state index contributed by atoms with van der Waals surface area (Å²) in [5.74, 6) is 3.17. The third-order valence-electron chi connectivity index (χ3n) is 12.3. The van der Waals surface area contributed by atoms with Crippen LogP contribution in [-0.4, -0.2) is 9.13 Å². The first kappa shape index (κ1) is 39.6. The molecule has 0 radical (unpaired) electrons. The average Bonchev–Trinajstić information content (AvgIpc) is 3.72. The molecule has 302 valence electrons. The van der Waals surface area contributed by atoms with Crippen LogP contribution in [0.1, 0.15) is 104 Å². The van der Waals surface area contributed by atoms with Gasteiger partial charge in [0.05, 0.1) is 39.7 Å². The molecule has 59 heavy (non-hydrogen) atoms. The molecule has 0 N–H and O–H groups in total. The lowest BCUT2D eigenvalue weighted by molar-refractivity contribution is 0.382. The lowest BCUT2D eigenvalue weighted by atomic mass is 9.72. The Hall–Kier alpha value is -4.82. The summed E-state index contributed by atoms with van der Waals surface area (Å²) < 4.78 is 26.3. The van der Waals surface area contributed by atoms with Gasteiger partial charge in [0.1, 0.15) is 0 Å². The molecule has 1 aliphatic heterocycles. The minimum atomic E-state index is -0.408. The minimum Gasteiger partial charge on any atom is -0.471 e. The summed E-state index contributed by atoms with van der Waals surface area (Å²) in [5.41, 5.74) is 8.93. The normalized spacial score (nSPS) is 15.1. The molecule has 6 aromatic carbocycles. The van der Waals surface area contributed by atoms with E-state index in [1.165, 1.54) is 54.7 Å². The van der Waals surface area contributed by atoms with E-state index < -0.39 is 5.41 Å². The lowest BCUT2D eigenvalue weighted by Gasteiger charge is -2.39. The third-order valence-corrected chi connectivity index (χ3v) is 14.3. The molecule has 0 aliphatic carbocycles. The van der Waals surface area contributed by atoms with E-state index in [2.05, 4.69) is 207 Å². The van der Waals surface area contributed by atoms with Gasteiger partial charge in [-0.25, -0.2) is 0 Å². The minimum absolute atomic E-state index is 0.0788. The topological polar surface area (TPSA) is 37.6 Å². The predicted octanol–water partition coefficient (Wildman–Crippen LogP) is 15.5. The van der Waals surface area contributed by atoms with Crippen LogP contribution < -0.4 is 13.8 Å². The molecule has 0 fully saturated rings. The van der Waals surface area contributed by atoms with Crippen molar-refractivity contribution in [1.82, 2.24) is 9.13 Å². The molecular formula is C52H56N2O3P2. The Labute approximate surface area is 352 Å². The number of ether oxygens (including phenoxy) is 1. The highest BCUT2D eigenvalue weighted by molar-refractivity contribution is 7.34. The molecule has 0 amide bonds. The molecule has 5 nitrogen and oxygen atoms in total. The van der Waals surface area contributed by atoms with Gasteiger partial charge in [-0.15, -0.1) is 0 Å². The lowest BCUT2D eigenvalue weighted by Crippen LogP contribution is -2.27. The zero-order valence-electron chi connectivity index (χ0n) is 36.2. The number of para-hydroxylation sites is 4. The van der Waals surface area contributed by atoms with E-state index >= 15 is 0 Å². The van der Waals surface area contributed by atoms with Crippen molar-refractivity contribution in [3.05, 3.63) is 144 Å². The fourth-order valence-corrected chi connectivity index (χ4v) is 10.6. The number of nitrogens with zero attached hydrogens (tertiary/aromatic N) is 2. The van der Waals surface area contributed by atoms with Gasteiger partial charge in [-0.3, -0.25) is 0 Å². The molecule has 3 atom stereocenters. The number of fused-ring (bicyclic) bond motifs is 8. The fraction of sp³-hybridized carbons (Fsp3) is 0.308. The Kier molecular flexibility index (Phi) is 9.50. The maximum atomic E-state index is 7.22. The molecule has 1 aliphatic rings. The van der Waals surface area contributed by atoms with E-state index in [-0.39, 0.29) is 39.5 Å². The van der Waals surface area contributed by atoms with E-state index in [1.807, 2.05) is 0 Å². The highest BCUT2D eigenvalue weighted by Crippen LogP contribution is 2.58. The molecule has 8 aromatic rings. The van der Waals surface area contributed by atoms with Gasteiger partial charge in [-0.2, -0.15) is 0 Å². The first-order valence-electron chi connectivity index (χ1n) is 20.8. The van der Waals surface area contributed by atoms with Crippen LogP contribution in [0.4, 0.5) is 0 Å². The van der Waals surface area contributed by atoms with E-state index in [4.69, 9.17) is 13.8 Å². The summed E-state index contributed by atoms with van der Waals surface area (Å²) in [6.07, 6.45) is 0. The van der Waals surface area contributed by atoms with Gasteiger partial charge in [0, 0.05) is 49.1 Å². The summed E-state index contributed by atoms with van der Waals surface area (Å²) in [6, 6.07) is 43.9. The molecule has 2 aromatic heterocycles. The largest absolute Gasteiger partial charge is 0.471 e. The van der Waals surface area contributed by atoms with Gasteiger partial charge < -0.3 is 22.9 Å². The van der Waals surface area contributed by atoms with E-state index in [1.54, 1.807) is 0 Å². The molecule has 7 heteroatoms. The monoisotopic (exact) mass is 818 g/mol. The number of hydrogen-bond acceptors (Lipinski definition) is 3. The molecule has 0 saturated carbocycles. The quantitative estimate of drug-likeness (QED) is 0.143. The second kappa shape index (κ2) is 14.1. The van der Waals surface area contributed by atoms with Gasteiger partial charge in [0.15, 0.2) is 23.0 Å². The maximum Gasteiger partial charge on any atom is 0.173 e. The first-order valence-corrected chi connectivity index (χ1v) is 22.7. The van der Waals surface area contributed by atoms with Crippen LogP contribution in [0.3, 0.4) is 0 Å². The van der Waals surface area contributed by atoms with Crippen molar-refractivity contribution in [3.63, 3.8) is 0 Å². The SMILES string of the molecule is CC(POc1cc(C(C)(C)C)cc2c1Oc1c(OPC(C)(C)n3c4ccccc4c4ccccc43)cc(C(C)(C)C)cc1C2(C)C)n1c2ccccc2c2ccccc21. The van der Waals surface area contributed by atoms with Crippen LogP contribution in [0, 0.1) is 0 Å². The Morgan fingerprint density at radius 3 is 1.37 bits per heavy atom. The predicted molar refractivity (Wildman–Crippen MR) is 253 cm³/mol. The molecule has 0 saturated heterocycles. The number of aromatic nitrogens is 2. The highest BCUT2D eigenvalue weighted by atomic mass is 31.1. The van der Waals surface area contributed by atoms with Crippen molar-refractivity contribution in [1.29, 1.82) is 0 Å². The van der Waals surface area contributed by atoms with Gasteiger partial charge >= 0.3 is 0 Å². The highest BCUT2D eigenvalue weighted by Gasteiger charge is 2.41. The Balaban J connectivity index is 1.13. The van der Waals surface area contributed by atoms with Crippen molar-refractivity contribution in [2.75, 3.05) is 0 Å². The van der Waals surface area contributed by atoms with Crippen molar-refractivity contribution in [3.8, 4) is 23.0 Å². The van der Waals surface area contributed by atoms with Crippen LogP contribution >= 0.6 is 17.6 Å². The van der Waals surface area contributed by atoms with E-state index in [0.717, 1.165) is 34.1 Å². The van der Waals surface area contributed by atoms with Crippen molar-refractivity contribution >= 4 is 61.2 Å². The third kappa shape index (κ3) is 6.70. The molecule has 3 unspecified atom stereocenters. The van der Waals surface area contributed by atoms with E-state index in [0.29, 0.717) is 0 Å². The smallest absolute Gasteiger partial charge is 0.173 e. The molecule has 0 spiro atoms. The van der Waals surface area contributed by atoms with Gasteiger partial charge in [-0.1, -0.05) is 140 Å². The summed E-state index contributed by atoms with van der Waals surface area (Å²) in [6.45, 7) is 25.1. The molecule has 9 rings (SSSR count). The van der Waals surface area contributed by atoms with Crippen LogP contribution in [0.15, 0.2) is 121 Å². The zero-order valence-corrected chi connectivity index (χ0v) is 38.2. The van der Waals surface area contributed by atoms with Gasteiger partial charge in [0.2, 0.25) is 0 Å². The Bertz CT molecular complexity index is 2810. The van der Waals surface area contributed by atoms with Crippen LogP contribution in [0.2, 0.25) is 0 Å². The average molecular weight is 819 g/mol. The van der Waals surface area contributed by atoms with Crippen molar-refractivity contribution in [2.45, 2.75) is 103 Å². The maximum absolute atomic E-state index is 7.22. The molecule has 0 bridgehead atoms. The van der Waals surface area contributed by atoms with Crippen LogP contribution in [-0.2, 0) is 21.5 Å². The molecule has 3 heterocycles. The van der Waals surface area contributed by atoms with Gasteiger partial charge in [-0.05, 0) is 79.1 Å². The zero-order chi connectivity index (χ0) is 41.6. The fourth-order valence-electron chi connectivity index (χ4n) is 8.93. The van der Waals surface area contributed by atoms with Crippen LogP contribution in [0.25, 0.3) is 43.6 Å². The van der Waals surface area contributed by atoms with Crippen molar-refractivity contribution in [2.24, 2.45) is 0 Å². The van der Waals surface area contributed by atoms with E-state index in [9.17, 15) is 0 Å². The summed E-state index contributed by atoms with van der Waals surface area (Å²) in [7, 11) is 0.240. The summed E-state index contributed by atoms with van der Waals surface area (Å²) >= 11 is 0. The van der Waals surface area contributed by atoms with Crippen molar-refractivity contribution < 1.29 is 13.8 Å². The Morgan fingerprint density at radius 1 is 0.542 bits per heavy atom. The van der Waals surface area contributed by atoms with Gasteiger partial charge in [0.25, 0.3) is 0 Å². The standard InChI is InChI=1S/C52H56N2O3P2/c1-32(53-41-24-16-12-20-35(41)36-21-13-17-25-42(36)53)58-56-45-30-33(49(2,3)4)28-39-47(45)55-48-40(51(39,8)9)29-34(50(5,6)7)31-46(48)57-59-52(10,11)54-43-26-18-14-22-37(43)38-23-15-19-27-44(38)54/h12-32,58-59H,1-11H3. The second-order valence-electron chi connectivity index (χ2n) is 19.4. The second-order valence-corrected chi connectivity index (χ2v) is 22.3.